The summed E-state index contributed by atoms with van der Waals surface area (Å²) in [5, 5.41) is 14.2. The van der Waals surface area contributed by atoms with Gasteiger partial charge in [-0.2, -0.15) is 13.2 Å². The van der Waals surface area contributed by atoms with Crippen LogP contribution in [0.1, 0.15) is 29.7 Å². The van der Waals surface area contributed by atoms with Crippen molar-refractivity contribution in [3.05, 3.63) is 95.7 Å². The summed E-state index contributed by atoms with van der Waals surface area (Å²) in [6.07, 6.45) is -1.96. The number of rotatable bonds is 9. The van der Waals surface area contributed by atoms with E-state index in [1.807, 2.05) is 55.5 Å². The fourth-order valence-electron chi connectivity index (χ4n) is 5.45. The molecule has 5 rings (SSSR count). The molecule has 5 nitrogen and oxygen atoms in total. The Morgan fingerprint density at radius 3 is 2.42 bits per heavy atom. The van der Waals surface area contributed by atoms with Crippen molar-refractivity contribution in [2.45, 2.75) is 32.4 Å². The Kier molecular flexibility index (Phi) is 8.28. The van der Waals surface area contributed by atoms with Crippen molar-refractivity contribution in [3.63, 3.8) is 0 Å². The fourth-order valence-corrected chi connectivity index (χ4v) is 5.45. The number of nitrogens with one attached hydrogen (secondary N) is 1. The zero-order chi connectivity index (χ0) is 28.2. The number of aliphatic hydroxyl groups excluding tert-OH is 1. The monoisotopic (exact) mass is 549 g/mol. The number of aliphatic hydroxyl groups is 1. The Morgan fingerprint density at radius 2 is 1.70 bits per heavy atom. The first kappa shape index (κ1) is 27.9. The predicted octanol–water partition coefficient (Wildman–Crippen LogP) is 7.00. The van der Waals surface area contributed by atoms with Crippen LogP contribution < -0.4 is 10.1 Å². The number of nitrogens with zero attached hydrogens (tertiary/aromatic N) is 2. The molecule has 0 saturated carbocycles. The average Bonchev–Trinajstić information content (AvgIpc) is 2.94. The molecule has 0 bridgehead atoms. The third-order valence-corrected chi connectivity index (χ3v) is 7.71. The van der Waals surface area contributed by atoms with E-state index in [1.165, 1.54) is 5.56 Å². The molecule has 3 aromatic carbocycles. The highest BCUT2D eigenvalue weighted by atomic mass is 19.4. The number of benzene rings is 3. The zero-order valence-electron chi connectivity index (χ0n) is 22.5. The molecule has 1 saturated heterocycles. The molecule has 0 atom stereocenters. The molecule has 8 heteroatoms. The normalized spacial score (nSPS) is 15.7. The Hall–Kier alpha value is -3.62. The van der Waals surface area contributed by atoms with Crippen molar-refractivity contribution in [1.29, 1.82) is 0 Å². The minimum atomic E-state index is -4.51. The fraction of sp³-hybridized carbons (Fsp3) is 0.344. The summed E-state index contributed by atoms with van der Waals surface area (Å²) in [7, 11) is 0. The van der Waals surface area contributed by atoms with Crippen LogP contribution in [0, 0.1) is 12.3 Å². The second-order valence-electron chi connectivity index (χ2n) is 10.7. The lowest BCUT2D eigenvalue weighted by molar-refractivity contribution is -0.137. The van der Waals surface area contributed by atoms with Crippen molar-refractivity contribution >= 4 is 22.3 Å². The van der Waals surface area contributed by atoms with Crippen LogP contribution in [0.5, 0.6) is 5.75 Å². The van der Waals surface area contributed by atoms with Gasteiger partial charge in [0.25, 0.3) is 0 Å². The lowest BCUT2D eigenvalue weighted by Crippen LogP contribution is -2.44. The van der Waals surface area contributed by atoms with E-state index in [2.05, 4.69) is 27.3 Å². The van der Waals surface area contributed by atoms with Crippen LogP contribution in [0.25, 0.3) is 10.9 Å². The molecule has 0 amide bonds. The maximum Gasteiger partial charge on any atom is 0.416 e. The Morgan fingerprint density at radius 1 is 0.975 bits per heavy atom. The number of pyridine rings is 1. The van der Waals surface area contributed by atoms with E-state index in [0.29, 0.717) is 17.9 Å². The minimum absolute atomic E-state index is 0.137. The van der Waals surface area contributed by atoms with E-state index in [0.717, 1.165) is 61.1 Å². The number of piperidine rings is 1. The van der Waals surface area contributed by atoms with Gasteiger partial charge in [-0.1, -0.05) is 48.5 Å². The lowest BCUT2D eigenvalue weighted by atomic mass is 9.74. The number of likely N-dealkylation sites (tertiary alicyclic amines) is 1. The standard InChI is InChI=1S/C32H34F3N3O2/c1-23-17-30(28-9-5-6-10-29(28)36-23)37-26-18-25(32(33,34)35)19-27(20-26)40-16-15-38-13-11-31(22-39,12-14-38)21-24-7-3-2-4-8-24/h2-10,17-20,39H,11-16,21-22H2,1H3,(H,36,37). The number of hydrogen-bond donors (Lipinski definition) is 2. The first-order valence-corrected chi connectivity index (χ1v) is 13.6. The molecule has 40 heavy (non-hydrogen) atoms. The van der Waals surface area contributed by atoms with Crippen LogP contribution in [-0.4, -0.2) is 47.8 Å². The van der Waals surface area contributed by atoms with Crippen molar-refractivity contribution in [2.75, 3.05) is 38.2 Å². The van der Waals surface area contributed by atoms with E-state index < -0.39 is 11.7 Å². The Bertz CT molecular complexity index is 1430. The third-order valence-electron chi connectivity index (χ3n) is 7.71. The second kappa shape index (κ2) is 11.9. The summed E-state index contributed by atoms with van der Waals surface area (Å²) in [5.41, 5.74) is 2.82. The highest BCUT2D eigenvalue weighted by Gasteiger charge is 2.34. The topological polar surface area (TPSA) is 57.6 Å². The van der Waals surface area contributed by atoms with Crippen molar-refractivity contribution in [2.24, 2.45) is 5.41 Å². The molecule has 0 spiro atoms. The van der Waals surface area contributed by atoms with Gasteiger partial charge in [0.15, 0.2) is 0 Å². The van der Waals surface area contributed by atoms with E-state index in [-0.39, 0.29) is 24.4 Å². The Labute approximate surface area is 232 Å². The molecule has 1 aliphatic rings. The minimum Gasteiger partial charge on any atom is -0.492 e. The molecular weight excluding hydrogens is 515 g/mol. The number of para-hydroxylation sites is 1. The van der Waals surface area contributed by atoms with Gasteiger partial charge in [-0.15, -0.1) is 0 Å². The number of aromatic nitrogens is 1. The number of hydrogen-bond acceptors (Lipinski definition) is 5. The van der Waals surface area contributed by atoms with Gasteiger partial charge in [-0.05, 0) is 74.5 Å². The highest BCUT2D eigenvalue weighted by molar-refractivity contribution is 5.93. The molecule has 1 aromatic heterocycles. The van der Waals surface area contributed by atoms with Crippen molar-refractivity contribution in [1.82, 2.24) is 9.88 Å². The van der Waals surface area contributed by atoms with Gasteiger partial charge in [0, 0.05) is 41.7 Å². The number of ether oxygens (including phenoxy) is 1. The number of halogens is 3. The van der Waals surface area contributed by atoms with Crippen LogP contribution >= 0.6 is 0 Å². The summed E-state index contributed by atoms with van der Waals surface area (Å²) >= 11 is 0. The van der Waals surface area contributed by atoms with Gasteiger partial charge in [0.1, 0.15) is 12.4 Å². The smallest absolute Gasteiger partial charge is 0.416 e. The van der Waals surface area contributed by atoms with Gasteiger partial charge >= 0.3 is 6.18 Å². The molecule has 0 unspecified atom stereocenters. The van der Waals surface area contributed by atoms with Gasteiger partial charge in [0.05, 0.1) is 11.1 Å². The van der Waals surface area contributed by atoms with E-state index in [1.54, 1.807) is 6.07 Å². The summed E-state index contributed by atoms with van der Waals surface area (Å²) in [5.74, 6) is 0.165. The first-order chi connectivity index (χ1) is 19.2. The van der Waals surface area contributed by atoms with E-state index >= 15 is 0 Å². The van der Waals surface area contributed by atoms with Crippen LogP contribution in [0.4, 0.5) is 24.5 Å². The predicted molar refractivity (Wildman–Crippen MR) is 152 cm³/mol. The zero-order valence-corrected chi connectivity index (χ0v) is 22.5. The molecule has 1 fully saturated rings. The van der Waals surface area contributed by atoms with Crippen LogP contribution in [0.2, 0.25) is 0 Å². The average molecular weight is 550 g/mol. The summed E-state index contributed by atoms with van der Waals surface area (Å²) in [4.78, 5) is 6.76. The SMILES string of the molecule is Cc1cc(Nc2cc(OCCN3CCC(CO)(Cc4ccccc4)CC3)cc(C(F)(F)F)c2)c2ccccc2n1. The molecule has 0 radical (unpaired) electrons. The van der Waals surface area contributed by atoms with Crippen LogP contribution in [-0.2, 0) is 12.6 Å². The maximum atomic E-state index is 13.8. The van der Waals surface area contributed by atoms with Gasteiger partial charge < -0.3 is 15.2 Å². The molecular formula is C32H34F3N3O2. The number of fused-ring (bicyclic) bond motifs is 1. The van der Waals surface area contributed by atoms with Crippen molar-refractivity contribution in [3.8, 4) is 5.75 Å². The quantitative estimate of drug-likeness (QED) is 0.235. The lowest BCUT2D eigenvalue weighted by Gasteiger charge is -2.41. The molecule has 1 aliphatic heterocycles. The first-order valence-electron chi connectivity index (χ1n) is 13.6. The summed E-state index contributed by atoms with van der Waals surface area (Å²) < 4.78 is 47.1. The Balaban J connectivity index is 1.24. The molecule has 0 aliphatic carbocycles. The largest absolute Gasteiger partial charge is 0.492 e. The van der Waals surface area contributed by atoms with Crippen LogP contribution in [0.3, 0.4) is 0 Å². The maximum absolute atomic E-state index is 13.8. The third kappa shape index (κ3) is 6.74. The van der Waals surface area contributed by atoms with E-state index in [9.17, 15) is 18.3 Å². The summed E-state index contributed by atoms with van der Waals surface area (Å²) in [6.45, 7) is 4.47. The van der Waals surface area contributed by atoms with Gasteiger partial charge in [0.2, 0.25) is 0 Å². The van der Waals surface area contributed by atoms with Gasteiger partial charge in [-0.3, -0.25) is 9.88 Å². The number of alkyl halides is 3. The number of aryl methyl sites for hydroxylation is 1. The number of anilines is 2. The molecule has 210 valence electrons. The molecule has 4 aromatic rings. The highest BCUT2D eigenvalue weighted by Crippen LogP contribution is 2.37. The van der Waals surface area contributed by atoms with Gasteiger partial charge in [-0.25, -0.2) is 0 Å². The molecule has 2 N–H and O–H groups in total. The van der Waals surface area contributed by atoms with E-state index in [4.69, 9.17) is 4.74 Å². The molecule has 2 heterocycles. The van der Waals surface area contributed by atoms with Crippen molar-refractivity contribution < 1.29 is 23.0 Å². The summed E-state index contributed by atoms with van der Waals surface area (Å²) in [6, 6.07) is 23.3. The van der Waals surface area contributed by atoms with Crippen LogP contribution in [0.15, 0.2) is 78.9 Å². The second-order valence-corrected chi connectivity index (χ2v) is 10.7.